The van der Waals surface area contributed by atoms with Crippen molar-refractivity contribution in [2.75, 3.05) is 18.9 Å². The summed E-state index contributed by atoms with van der Waals surface area (Å²) in [4.78, 5) is 29.6. The van der Waals surface area contributed by atoms with E-state index in [4.69, 9.17) is 4.74 Å². The number of Topliss-reactive ketones (excluding diaryl/α,β-unsaturated/α-hetero) is 1. The number of hydrogen-bond acceptors (Lipinski definition) is 6. The fourth-order valence-corrected chi connectivity index (χ4v) is 4.21. The summed E-state index contributed by atoms with van der Waals surface area (Å²) in [6.07, 6.45) is 4.36. The van der Waals surface area contributed by atoms with E-state index in [1.54, 1.807) is 11.8 Å². The van der Waals surface area contributed by atoms with Gasteiger partial charge < -0.3 is 14.6 Å². The Morgan fingerprint density at radius 3 is 2.86 bits per heavy atom. The summed E-state index contributed by atoms with van der Waals surface area (Å²) in [5.74, 6) is -0.820. The molecule has 0 fully saturated rings. The predicted molar refractivity (Wildman–Crippen MR) is 103 cm³/mol. The van der Waals surface area contributed by atoms with Crippen molar-refractivity contribution in [3.63, 3.8) is 0 Å². The van der Waals surface area contributed by atoms with Gasteiger partial charge in [-0.3, -0.25) is 4.79 Å². The second kappa shape index (κ2) is 6.75. The van der Waals surface area contributed by atoms with Gasteiger partial charge in [0.1, 0.15) is 5.84 Å². The van der Waals surface area contributed by atoms with Crippen molar-refractivity contribution in [1.82, 2.24) is 9.88 Å². The van der Waals surface area contributed by atoms with Gasteiger partial charge in [-0.15, -0.1) is 4.40 Å². The van der Waals surface area contributed by atoms with Gasteiger partial charge in [0.05, 0.1) is 11.3 Å². The zero-order valence-corrected chi connectivity index (χ0v) is 15.8. The Hall–Kier alpha value is -3.20. The molecule has 2 aromatic rings. The van der Waals surface area contributed by atoms with Crippen LogP contribution in [0.25, 0.3) is 10.9 Å². The molecule has 0 aliphatic carbocycles. The van der Waals surface area contributed by atoms with Gasteiger partial charge in [-0.2, -0.15) is 0 Å². The number of nitrogens with one attached hydrogen (secondary N) is 1. The van der Waals surface area contributed by atoms with Gasteiger partial charge in [-0.1, -0.05) is 18.2 Å². The number of esters is 1. The Labute approximate surface area is 161 Å². The molecule has 0 saturated carbocycles. The first kappa shape index (κ1) is 18.2. The van der Waals surface area contributed by atoms with Crippen molar-refractivity contribution in [3.8, 4) is 0 Å². The average molecular weight is 399 g/mol. The maximum atomic E-state index is 12.6. The second-order valence-corrected chi connectivity index (χ2v) is 8.27. The molecular weight excluding hydrogens is 382 g/mol. The third-order valence-corrected chi connectivity index (χ3v) is 5.73. The molecule has 2 aliphatic rings. The lowest BCUT2D eigenvalue weighted by molar-refractivity contribution is -0.137. The highest BCUT2D eigenvalue weighted by molar-refractivity contribution is 7.90. The molecule has 0 atom stereocenters. The smallest absolute Gasteiger partial charge is 0.340 e. The Morgan fingerprint density at radius 1 is 1.25 bits per heavy atom. The molecule has 2 aliphatic heterocycles. The van der Waals surface area contributed by atoms with Gasteiger partial charge in [0, 0.05) is 34.9 Å². The minimum absolute atomic E-state index is 0.124. The van der Waals surface area contributed by atoms with Crippen LogP contribution in [0.2, 0.25) is 0 Å². The lowest BCUT2D eigenvalue weighted by Gasteiger charge is -2.26. The Balaban J connectivity index is 1.46. The number of sulfonamides is 1. The molecule has 1 aromatic carbocycles. The quantitative estimate of drug-likeness (QED) is 0.619. The van der Waals surface area contributed by atoms with Crippen LogP contribution in [0.1, 0.15) is 16.1 Å². The summed E-state index contributed by atoms with van der Waals surface area (Å²) < 4.78 is 31.9. The van der Waals surface area contributed by atoms with Crippen LogP contribution >= 0.6 is 0 Å². The Morgan fingerprint density at radius 2 is 2.04 bits per heavy atom. The van der Waals surface area contributed by atoms with Gasteiger partial charge in [-0.05, 0) is 25.1 Å². The van der Waals surface area contributed by atoms with E-state index in [9.17, 15) is 18.0 Å². The number of amidine groups is 1. The van der Waals surface area contributed by atoms with Crippen molar-refractivity contribution in [3.05, 3.63) is 59.4 Å². The summed E-state index contributed by atoms with van der Waals surface area (Å²) in [5, 5.41) is 0.785. The zero-order valence-electron chi connectivity index (χ0n) is 15.0. The molecule has 0 amide bonds. The minimum atomic E-state index is -3.46. The van der Waals surface area contributed by atoms with Crippen molar-refractivity contribution < 1.29 is 22.7 Å². The molecule has 9 heteroatoms. The zero-order chi connectivity index (χ0) is 19.9. The van der Waals surface area contributed by atoms with E-state index >= 15 is 0 Å². The average Bonchev–Trinajstić information content (AvgIpc) is 3.00. The molecule has 0 bridgehead atoms. The van der Waals surface area contributed by atoms with Crippen LogP contribution in [0.5, 0.6) is 0 Å². The number of hydrogen-bond donors (Lipinski definition) is 1. The number of aromatic amines is 1. The first-order chi connectivity index (χ1) is 13.3. The highest BCUT2D eigenvalue weighted by atomic mass is 32.2. The van der Waals surface area contributed by atoms with Crippen molar-refractivity contribution >= 4 is 38.5 Å². The van der Waals surface area contributed by atoms with E-state index in [1.165, 1.54) is 18.4 Å². The van der Waals surface area contributed by atoms with E-state index in [1.807, 2.05) is 24.3 Å². The molecule has 0 saturated heterocycles. The van der Waals surface area contributed by atoms with E-state index < -0.39 is 16.0 Å². The van der Waals surface area contributed by atoms with Crippen LogP contribution in [0.15, 0.2) is 52.6 Å². The van der Waals surface area contributed by atoms with E-state index in [-0.39, 0.29) is 36.1 Å². The summed E-state index contributed by atoms with van der Waals surface area (Å²) >= 11 is 0. The van der Waals surface area contributed by atoms with Crippen LogP contribution in [0.4, 0.5) is 0 Å². The third kappa shape index (κ3) is 3.36. The molecule has 1 aromatic heterocycles. The number of para-hydroxylation sites is 1. The number of fused-ring (bicyclic) bond motifs is 2. The minimum Gasteiger partial charge on any atom is -0.454 e. The van der Waals surface area contributed by atoms with Crippen LogP contribution in [-0.4, -0.2) is 54.8 Å². The number of rotatable bonds is 4. The molecule has 3 heterocycles. The molecule has 8 nitrogen and oxygen atoms in total. The van der Waals surface area contributed by atoms with Crippen LogP contribution in [-0.2, 0) is 19.6 Å². The number of carbonyl (C=O) groups excluding carboxylic acids is 2. The number of H-pyrrole nitrogens is 1. The fourth-order valence-electron chi connectivity index (χ4n) is 3.24. The number of ketones is 1. The molecule has 0 radical (unpaired) electrons. The maximum Gasteiger partial charge on any atom is 0.340 e. The molecule has 1 N–H and O–H groups in total. The van der Waals surface area contributed by atoms with Gasteiger partial charge in [0.15, 0.2) is 6.61 Å². The Bertz CT molecular complexity index is 1190. The summed E-state index contributed by atoms with van der Waals surface area (Å²) in [7, 11) is -3.46. The van der Waals surface area contributed by atoms with Gasteiger partial charge in [0.25, 0.3) is 10.0 Å². The van der Waals surface area contributed by atoms with Crippen molar-refractivity contribution in [1.29, 1.82) is 0 Å². The maximum absolute atomic E-state index is 12.6. The van der Waals surface area contributed by atoms with Crippen LogP contribution in [0, 0.1) is 6.92 Å². The number of aryl methyl sites for hydroxylation is 1. The lowest BCUT2D eigenvalue weighted by Crippen LogP contribution is -2.37. The summed E-state index contributed by atoms with van der Waals surface area (Å²) in [5.41, 5.74) is 2.29. The second-order valence-electron chi connectivity index (χ2n) is 6.52. The molecule has 0 unspecified atom stereocenters. The van der Waals surface area contributed by atoms with E-state index in [0.717, 1.165) is 16.6 Å². The van der Waals surface area contributed by atoms with E-state index in [2.05, 4.69) is 9.38 Å². The first-order valence-corrected chi connectivity index (χ1v) is 10.2. The normalized spacial score (nSPS) is 17.7. The molecular formula is C19H17N3O5S. The number of nitrogens with zero attached hydrogens (tertiary/aromatic N) is 2. The number of carbonyl (C=O) groups is 2. The third-order valence-electron chi connectivity index (χ3n) is 4.57. The highest BCUT2D eigenvalue weighted by Crippen LogP contribution is 2.23. The first-order valence-electron chi connectivity index (χ1n) is 8.61. The molecule has 4 rings (SSSR count). The van der Waals surface area contributed by atoms with Gasteiger partial charge in [-0.25, -0.2) is 13.2 Å². The van der Waals surface area contributed by atoms with Crippen LogP contribution < -0.4 is 0 Å². The predicted octanol–water partition coefficient (Wildman–Crippen LogP) is 1.70. The molecule has 144 valence electrons. The van der Waals surface area contributed by atoms with Gasteiger partial charge in [0.2, 0.25) is 5.78 Å². The number of ether oxygens (including phenoxy) is 1. The topological polar surface area (TPSA) is 109 Å². The number of aromatic nitrogens is 1. The Kier molecular flexibility index (Phi) is 4.38. The SMILES string of the molecule is Cc1[nH]c2ccccc2c1C(=O)COC(=O)C1=CN2CCS(=O)(=O)N=C2C=C1. The number of benzene rings is 1. The van der Waals surface area contributed by atoms with E-state index in [0.29, 0.717) is 5.56 Å². The lowest BCUT2D eigenvalue weighted by atomic mass is 10.1. The summed E-state index contributed by atoms with van der Waals surface area (Å²) in [6.45, 7) is 1.62. The standard InChI is InChI=1S/C19H17N3O5S/c1-12-18(14-4-2-3-5-15(14)20-12)16(23)11-27-19(24)13-6-7-17-21-28(25,26)9-8-22(17)10-13/h2-7,10,20H,8-9,11H2,1H3. The van der Waals surface area contributed by atoms with Crippen LogP contribution in [0.3, 0.4) is 0 Å². The van der Waals surface area contributed by atoms with Crippen molar-refractivity contribution in [2.24, 2.45) is 4.40 Å². The largest absolute Gasteiger partial charge is 0.454 e. The van der Waals surface area contributed by atoms with Crippen molar-refractivity contribution in [2.45, 2.75) is 6.92 Å². The monoisotopic (exact) mass is 399 g/mol. The summed E-state index contributed by atoms with van der Waals surface area (Å²) in [6, 6.07) is 7.43. The van der Waals surface area contributed by atoms with Gasteiger partial charge >= 0.3 is 5.97 Å². The molecule has 28 heavy (non-hydrogen) atoms. The molecule has 0 spiro atoms. The highest BCUT2D eigenvalue weighted by Gasteiger charge is 2.26. The fraction of sp³-hybridized carbons (Fsp3) is 0.211.